The highest BCUT2D eigenvalue weighted by Gasteiger charge is 2.41. The van der Waals surface area contributed by atoms with Crippen molar-refractivity contribution in [3.8, 4) is 6.07 Å². The van der Waals surface area contributed by atoms with Crippen molar-refractivity contribution in [3.05, 3.63) is 47.4 Å². The van der Waals surface area contributed by atoms with E-state index in [4.69, 9.17) is 0 Å². The number of amides is 1. The van der Waals surface area contributed by atoms with Crippen molar-refractivity contribution in [2.24, 2.45) is 5.41 Å². The molecule has 0 radical (unpaired) electrons. The molecule has 0 saturated heterocycles. The molecule has 3 atom stereocenters. The summed E-state index contributed by atoms with van der Waals surface area (Å²) in [5.74, 6) is 1.26. The molecule has 32 heavy (non-hydrogen) atoms. The molecule has 1 fully saturated rings. The van der Waals surface area contributed by atoms with Crippen molar-refractivity contribution in [1.82, 2.24) is 9.97 Å². The first-order chi connectivity index (χ1) is 15.2. The van der Waals surface area contributed by atoms with Gasteiger partial charge in [-0.2, -0.15) is 5.26 Å². The molecule has 2 aliphatic rings. The molecular weight excluding hydrogens is 402 g/mol. The first-order valence-corrected chi connectivity index (χ1v) is 11.3. The number of nitrogens with zero attached hydrogens (tertiary/aromatic N) is 3. The van der Waals surface area contributed by atoms with Crippen LogP contribution in [-0.2, 0) is 16.6 Å². The maximum atomic E-state index is 12.6. The van der Waals surface area contributed by atoms with Crippen molar-refractivity contribution < 1.29 is 9.90 Å². The summed E-state index contributed by atoms with van der Waals surface area (Å²) in [6.07, 6.45) is 5.71. The highest BCUT2D eigenvalue weighted by molar-refractivity contribution is 6.05. The molecule has 7 heteroatoms. The fourth-order valence-electron chi connectivity index (χ4n) is 4.97. The van der Waals surface area contributed by atoms with Gasteiger partial charge in [0.2, 0.25) is 5.91 Å². The molecule has 0 spiro atoms. The van der Waals surface area contributed by atoms with Crippen LogP contribution in [0.4, 0.5) is 11.5 Å². The van der Waals surface area contributed by atoms with Gasteiger partial charge >= 0.3 is 0 Å². The maximum absolute atomic E-state index is 12.6. The average molecular weight is 434 g/mol. The SMILES string of the molecule is CC1(C)C[C@H](Nc2nc(CCC[C@@]3(C)C(=O)Nc4ccccc43)ncc2C#N)CC[C@@H]1O. The second-order valence-corrected chi connectivity index (χ2v) is 9.97. The van der Waals surface area contributed by atoms with Crippen LogP contribution < -0.4 is 10.6 Å². The number of benzene rings is 1. The van der Waals surface area contributed by atoms with Crippen LogP contribution in [0.3, 0.4) is 0 Å². The topological polar surface area (TPSA) is 111 Å². The third-order valence-corrected chi connectivity index (χ3v) is 7.11. The summed E-state index contributed by atoms with van der Waals surface area (Å²) in [7, 11) is 0. The van der Waals surface area contributed by atoms with E-state index < -0.39 is 5.41 Å². The lowest BCUT2D eigenvalue weighted by atomic mass is 9.73. The van der Waals surface area contributed by atoms with Crippen LogP contribution >= 0.6 is 0 Å². The van der Waals surface area contributed by atoms with Crippen molar-refractivity contribution in [2.45, 2.75) is 76.9 Å². The molecule has 1 aromatic carbocycles. The molecule has 4 rings (SSSR count). The van der Waals surface area contributed by atoms with Crippen molar-refractivity contribution >= 4 is 17.4 Å². The lowest BCUT2D eigenvalue weighted by Gasteiger charge is -2.40. The van der Waals surface area contributed by atoms with Gasteiger partial charge in [-0.05, 0) is 56.1 Å². The molecule has 168 valence electrons. The van der Waals surface area contributed by atoms with E-state index in [2.05, 4.69) is 40.5 Å². The van der Waals surface area contributed by atoms with Crippen LogP contribution in [0, 0.1) is 16.7 Å². The van der Waals surface area contributed by atoms with Gasteiger partial charge in [0.1, 0.15) is 23.3 Å². The van der Waals surface area contributed by atoms with Gasteiger partial charge in [-0.25, -0.2) is 9.97 Å². The van der Waals surface area contributed by atoms with Crippen molar-refractivity contribution in [2.75, 3.05) is 10.6 Å². The summed E-state index contributed by atoms with van der Waals surface area (Å²) in [4.78, 5) is 21.7. The zero-order valence-corrected chi connectivity index (χ0v) is 19.0. The van der Waals surface area contributed by atoms with Gasteiger partial charge in [0.25, 0.3) is 0 Å². The summed E-state index contributed by atoms with van der Waals surface area (Å²) in [5.41, 5.74) is 1.62. The molecule has 1 saturated carbocycles. The molecule has 0 unspecified atom stereocenters. The number of para-hydroxylation sites is 1. The molecule has 1 aromatic heterocycles. The molecule has 2 aromatic rings. The Balaban J connectivity index is 1.43. The van der Waals surface area contributed by atoms with Crippen LogP contribution in [0.5, 0.6) is 0 Å². The quantitative estimate of drug-likeness (QED) is 0.636. The first kappa shape index (κ1) is 22.2. The third-order valence-electron chi connectivity index (χ3n) is 7.11. The maximum Gasteiger partial charge on any atom is 0.234 e. The number of aryl methyl sites for hydroxylation is 1. The number of nitrogens with one attached hydrogen (secondary N) is 2. The summed E-state index contributed by atoms with van der Waals surface area (Å²) >= 11 is 0. The van der Waals surface area contributed by atoms with Gasteiger partial charge in [0.05, 0.1) is 17.7 Å². The van der Waals surface area contributed by atoms with E-state index in [1.807, 2.05) is 31.2 Å². The molecule has 3 N–H and O–H groups in total. The molecule has 2 heterocycles. The van der Waals surface area contributed by atoms with Gasteiger partial charge in [-0.3, -0.25) is 4.79 Å². The van der Waals surface area contributed by atoms with Gasteiger partial charge in [0.15, 0.2) is 0 Å². The Hall–Kier alpha value is -2.98. The number of aliphatic hydroxyl groups is 1. The number of hydrogen-bond acceptors (Lipinski definition) is 6. The van der Waals surface area contributed by atoms with Crippen LogP contribution in [0.25, 0.3) is 0 Å². The van der Waals surface area contributed by atoms with Crippen molar-refractivity contribution in [3.63, 3.8) is 0 Å². The summed E-state index contributed by atoms with van der Waals surface area (Å²) in [6.45, 7) is 6.13. The predicted molar refractivity (Wildman–Crippen MR) is 123 cm³/mol. The highest BCUT2D eigenvalue weighted by atomic mass is 16.3. The number of carbonyl (C=O) groups is 1. The molecule has 1 aliphatic heterocycles. The van der Waals surface area contributed by atoms with E-state index in [1.165, 1.54) is 0 Å². The van der Waals surface area contributed by atoms with Crippen molar-refractivity contribution in [1.29, 1.82) is 5.26 Å². The Bertz CT molecular complexity index is 1060. The largest absolute Gasteiger partial charge is 0.393 e. The Morgan fingerprint density at radius 1 is 1.28 bits per heavy atom. The van der Waals surface area contributed by atoms with Crippen LogP contribution in [-0.4, -0.2) is 33.1 Å². The van der Waals surface area contributed by atoms with Gasteiger partial charge < -0.3 is 15.7 Å². The second-order valence-electron chi connectivity index (χ2n) is 9.97. The number of aliphatic hydroxyl groups excluding tert-OH is 1. The number of nitriles is 1. The number of anilines is 2. The summed E-state index contributed by atoms with van der Waals surface area (Å²) < 4.78 is 0. The molecule has 0 bridgehead atoms. The van der Waals surface area contributed by atoms with Crippen LogP contribution in [0.2, 0.25) is 0 Å². The lowest BCUT2D eigenvalue weighted by Crippen LogP contribution is -2.41. The monoisotopic (exact) mass is 433 g/mol. The average Bonchev–Trinajstić information content (AvgIpc) is 3.01. The number of aromatic nitrogens is 2. The number of hydrogen-bond donors (Lipinski definition) is 3. The molecule has 7 nitrogen and oxygen atoms in total. The van der Waals surface area contributed by atoms with E-state index in [9.17, 15) is 15.2 Å². The fourth-order valence-corrected chi connectivity index (χ4v) is 4.97. The minimum atomic E-state index is -0.557. The van der Waals surface area contributed by atoms with Gasteiger partial charge in [-0.1, -0.05) is 32.0 Å². The zero-order chi connectivity index (χ0) is 22.9. The van der Waals surface area contributed by atoms with Gasteiger partial charge in [0, 0.05) is 18.2 Å². The zero-order valence-electron chi connectivity index (χ0n) is 19.0. The standard InChI is InChI=1S/C25H31N5O2/c1-24(2)13-17(10-11-20(24)31)28-22-16(14-26)15-27-21(30-22)9-6-12-25(3)18-7-4-5-8-19(18)29-23(25)32/h4-5,7-8,15,17,20,31H,6,9-13H2,1-3H3,(H,29,32)(H,27,28,30)/t17-,20+,25-/m1/s1. The Morgan fingerprint density at radius 2 is 2.06 bits per heavy atom. The molecular formula is C25H31N5O2. The minimum absolute atomic E-state index is 0.0314. The van der Waals surface area contributed by atoms with E-state index in [0.717, 1.165) is 36.9 Å². The first-order valence-electron chi connectivity index (χ1n) is 11.3. The van der Waals surface area contributed by atoms with Crippen LogP contribution in [0.15, 0.2) is 30.5 Å². The summed E-state index contributed by atoms with van der Waals surface area (Å²) in [5, 5.41) is 26.1. The molecule has 1 amide bonds. The number of carbonyl (C=O) groups excluding carboxylic acids is 1. The molecule has 1 aliphatic carbocycles. The fraction of sp³-hybridized carbons (Fsp3) is 0.520. The Labute approximate surface area is 189 Å². The third kappa shape index (κ3) is 4.20. The predicted octanol–water partition coefficient (Wildman–Crippen LogP) is 3.93. The Morgan fingerprint density at radius 3 is 2.81 bits per heavy atom. The number of rotatable bonds is 6. The lowest BCUT2D eigenvalue weighted by molar-refractivity contribution is -0.120. The summed E-state index contributed by atoms with van der Waals surface area (Å²) in [6, 6.07) is 10.2. The number of fused-ring (bicyclic) bond motifs is 1. The second kappa shape index (κ2) is 8.51. The van der Waals surface area contributed by atoms with Gasteiger partial charge in [-0.15, -0.1) is 0 Å². The Kier molecular flexibility index (Phi) is 5.91. The normalized spacial score (nSPS) is 26.2. The van der Waals surface area contributed by atoms with Crippen LogP contribution in [0.1, 0.15) is 69.8 Å². The van der Waals surface area contributed by atoms with E-state index in [0.29, 0.717) is 30.0 Å². The smallest absolute Gasteiger partial charge is 0.234 e. The van der Waals surface area contributed by atoms with E-state index in [-0.39, 0.29) is 23.5 Å². The van der Waals surface area contributed by atoms with E-state index in [1.54, 1.807) is 6.20 Å². The highest BCUT2D eigenvalue weighted by Crippen LogP contribution is 2.41. The minimum Gasteiger partial charge on any atom is -0.393 e. The van der Waals surface area contributed by atoms with E-state index >= 15 is 0 Å².